The highest BCUT2D eigenvalue weighted by Crippen LogP contribution is 2.68. The number of nitrogens with one attached hydrogen (secondary N) is 1. The van der Waals surface area contributed by atoms with Gasteiger partial charge in [0.15, 0.2) is 0 Å². The molecule has 3 fully saturated rings. The summed E-state index contributed by atoms with van der Waals surface area (Å²) in [5.74, 6) is -0.181. The van der Waals surface area contributed by atoms with Gasteiger partial charge in [-0.05, 0) is 54.0 Å². The van der Waals surface area contributed by atoms with Crippen LogP contribution in [0.4, 0.5) is 5.69 Å². The van der Waals surface area contributed by atoms with Gasteiger partial charge in [-0.3, -0.25) is 19.3 Å². The number of amides is 2. The van der Waals surface area contributed by atoms with Crippen LogP contribution >= 0.6 is 34.7 Å². The predicted octanol–water partition coefficient (Wildman–Crippen LogP) is 4.77. The Bertz CT molecular complexity index is 1350. The Balaban J connectivity index is 1.33. The van der Waals surface area contributed by atoms with E-state index in [-0.39, 0.29) is 57.4 Å². The molecule has 1 aromatic heterocycles. The van der Waals surface area contributed by atoms with Gasteiger partial charge in [0.05, 0.1) is 22.5 Å². The first-order chi connectivity index (χ1) is 16.0. The highest BCUT2D eigenvalue weighted by Gasteiger charge is 2.69. The molecule has 3 aromatic rings. The van der Waals surface area contributed by atoms with Crippen molar-refractivity contribution in [3.05, 3.63) is 79.7 Å². The number of aromatic nitrogens is 1. The zero-order valence-electron chi connectivity index (χ0n) is 17.3. The number of imide groups is 1. The third-order valence-electron chi connectivity index (χ3n) is 7.97. The second-order valence-corrected chi connectivity index (χ2v) is 12.0. The van der Waals surface area contributed by atoms with Crippen molar-refractivity contribution in [2.75, 3.05) is 4.90 Å². The molecular weight excluding hydrogens is 476 g/mol. The number of carbonyl (C=O) groups is 2. The summed E-state index contributed by atoms with van der Waals surface area (Å²) < 4.78 is 0. The maximum atomic E-state index is 13.7. The SMILES string of the molecule is O=C1C2C3CC(C2C(=O)N1c1ccc(Cl)cc1)C1C3Sc2[nH]c(=O)sc2[C@@H]1c1ccccc1. The van der Waals surface area contributed by atoms with Crippen LogP contribution in [0.25, 0.3) is 0 Å². The highest BCUT2D eigenvalue weighted by molar-refractivity contribution is 8.00. The number of anilines is 1. The van der Waals surface area contributed by atoms with E-state index in [1.54, 1.807) is 36.0 Å². The molecule has 8 heteroatoms. The van der Waals surface area contributed by atoms with Gasteiger partial charge in [-0.25, -0.2) is 0 Å². The van der Waals surface area contributed by atoms with Gasteiger partial charge in [0.2, 0.25) is 11.8 Å². The van der Waals surface area contributed by atoms with E-state index in [0.29, 0.717) is 10.7 Å². The quantitative estimate of drug-likeness (QED) is 0.521. The lowest BCUT2D eigenvalue weighted by Crippen LogP contribution is -2.42. The Morgan fingerprint density at radius 2 is 1.61 bits per heavy atom. The normalized spacial score (nSPS) is 33.8. The minimum absolute atomic E-state index is 0.0398. The smallest absolute Gasteiger partial charge is 0.305 e. The van der Waals surface area contributed by atoms with Gasteiger partial charge >= 0.3 is 4.87 Å². The van der Waals surface area contributed by atoms with Crippen LogP contribution in [0.2, 0.25) is 5.02 Å². The number of halogens is 1. The van der Waals surface area contributed by atoms with Crippen LogP contribution in [-0.4, -0.2) is 22.0 Å². The van der Waals surface area contributed by atoms with E-state index in [2.05, 4.69) is 17.1 Å². The summed E-state index contributed by atoms with van der Waals surface area (Å²) >= 11 is 9.03. The van der Waals surface area contributed by atoms with Crippen LogP contribution in [-0.2, 0) is 9.59 Å². The second kappa shape index (κ2) is 7.08. The first-order valence-electron chi connectivity index (χ1n) is 11.1. The molecule has 3 heterocycles. The third-order valence-corrected chi connectivity index (χ3v) is 10.8. The van der Waals surface area contributed by atoms with Gasteiger partial charge in [-0.15, -0.1) is 11.8 Å². The number of nitrogens with zero attached hydrogens (tertiary/aromatic N) is 1. The summed E-state index contributed by atoms with van der Waals surface area (Å²) in [7, 11) is 0. The molecule has 2 aliphatic heterocycles. The van der Waals surface area contributed by atoms with Crippen molar-refractivity contribution in [1.82, 2.24) is 4.98 Å². The van der Waals surface area contributed by atoms with Crippen LogP contribution in [0, 0.1) is 29.6 Å². The predicted molar refractivity (Wildman–Crippen MR) is 129 cm³/mol. The first kappa shape index (κ1) is 20.1. The molecule has 1 N–H and O–H groups in total. The minimum atomic E-state index is -0.288. The molecule has 2 aliphatic carbocycles. The second-order valence-electron chi connectivity index (χ2n) is 9.36. The molecule has 33 heavy (non-hydrogen) atoms. The van der Waals surface area contributed by atoms with Gasteiger partial charge in [-0.2, -0.15) is 0 Å². The van der Waals surface area contributed by atoms with Gasteiger partial charge in [0.1, 0.15) is 0 Å². The van der Waals surface area contributed by atoms with Crippen molar-refractivity contribution < 1.29 is 9.59 Å². The van der Waals surface area contributed by atoms with E-state index in [0.717, 1.165) is 16.3 Å². The number of fused-ring (bicyclic) bond motifs is 9. The van der Waals surface area contributed by atoms with Crippen molar-refractivity contribution in [3.63, 3.8) is 0 Å². The summed E-state index contributed by atoms with van der Waals surface area (Å²) in [6.45, 7) is 0. The van der Waals surface area contributed by atoms with Gasteiger partial charge in [0, 0.05) is 21.1 Å². The highest BCUT2D eigenvalue weighted by atomic mass is 35.5. The number of rotatable bonds is 2. The Labute approximate surface area is 203 Å². The maximum absolute atomic E-state index is 13.7. The van der Waals surface area contributed by atoms with Crippen molar-refractivity contribution >= 4 is 52.2 Å². The zero-order chi connectivity index (χ0) is 22.4. The molecule has 2 saturated carbocycles. The molecule has 0 spiro atoms. The summed E-state index contributed by atoms with van der Waals surface area (Å²) in [6, 6.07) is 17.2. The molecule has 5 nitrogen and oxygen atoms in total. The molecule has 7 atom stereocenters. The number of aromatic amines is 1. The molecule has 2 amide bonds. The number of thiazole rings is 1. The molecule has 1 saturated heterocycles. The Morgan fingerprint density at radius 1 is 0.909 bits per heavy atom. The van der Waals surface area contributed by atoms with E-state index in [1.807, 2.05) is 18.2 Å². The average molecular weight is 495 g/mol. The molecule has 2 bridgehead atoms. The number of carbonyl (C=O) groups excluding carboxylic acids is 2. The largest absolute Gasteiger partial charge is 0.307 e. The molecular formula is C25H19ClN2O3S2. The van der Waals surface area contributed by atoms with Crippen molar-refractivity contribution in [2.45, 2.75) is 22.6 Å². The van der Waals surface area contributed by atoms with E-state index in [9.17, 15) is 14.4 Å². The maximum Gasteiger partial charge on any atom is 0.305 e. The lowest BCUT2D eigenvalue weighted by molar-refractivity contribution is -0.123. The summed E-state index contributed by atoms with van der Waals surface area (Å²) in [6.07, 6.45) is 0.895. The Hall–Kier alpha value is -2.35. The van der Waals surface area contributed by atoms with Gasteiger partial charge in [-0.1, -0.05) is 53.3 Å². The number of hydrogen-bond acceptors (Lipinski definition) is 5. The lowest BCUT2D eigenvalue weighted by atomic mass is 9.68. The van der Waals surface area contributed by atoms with E-state index >= 15 is 0 Å². The van der Waals surface area contributed by atoms with E-state index in [4.69, 9.17) is 11.6 Å². The summed E-state index contributed by atoms with van der Waals surface area (Å²) in [4.78, 5) is 45.0. The fourth-order valence-corrected chi connectivity index (χ4v) is 9.91. The van der Waals surface area contributed by atoms with Crippen LogP contribution < -0.4 is 9.77 Å². The Kier molecular flexibility index (Phi) is 4.30. The number of hydrogen-bond donors (Lipinski definition) is 1. The minimum Gasteiger partial charge on any atom is -0.307 e. The molecule has 0 radical (unpaired) electrons. The number of benzene rings is 2. The third kappa shape index (κ3) is 2.70. The Morgan fingerprint density at radius 3 is 2.33 bits per heavy atom. The van der Waals surface area contributed by atoms with Crippen LogP contribution in [0.3, 0.4) is 0 Å². The van der Waals surface area contributed by atoms with Crippen molar-refractivity contribution in [1.29, 1.82) is 0 Å². The molecule has 4 aliphatic rings. The van der Waals surface area contributed by atoms with E-state index < -0.39 is 0 Å². The molecule has 7 rings (SSSR count). The van der Waals surface area contributed by atoms with Crippen molar-refractivity contribution in [3.8, 4) is 0 Å². The van der Waals surface area contributed by atoms with Gasteiger partial charge < -0.3 is 4.98 Å². The van der Waals surface area contributed by atoms with Gasteiger partial charge in [0.25, 0.3) is 0 Å². The zero-order valence-corrected chi connectivity index (χ0v) is 19.7. The topological polar surface area (TPSA) is 70.2 Å². The fraction of sp³-hybridized carbons (Fsp3) is 0.320. The summed E-state index contributed by atoms with van der Waals surface area (Å²) in [5, 5.41) is 1.73. The standard InChI is InChI=1S/C25H19ClN2O3S2/c26-12-6-8-13(9-7-12)28-23(29)18-14-10-15(19(18)24(28)30)20-17(14)16(11-4-2-1-3-5-11)21-22(32-20)27-25(31)33-21/h1-9,14-20H,10H2,(H,27,31)/t14?,15?,16-,17?,18?,19?,20?/m1/s1. The molecule has 166 valence electrons. The molecule has 2 aromatic carbocycles. The number of H-pyrrole nitrogens is 1. The summed E-state index contributed by atoms with van der Waals surface area (Å²) in [5.41, 5.74) is 1.78. The fourth-order valence-electron chi connectivity index (χ4n) is 6.90. The average Bonchev–Trinajstić information content (AvgIpc) is 3.54. The van der Waals surface area contributed by atoms with Crippen molar-refractivity contribution in [2.24, 2.45) is 29.6 Å². The monoisotopic (exact) mass is 494 g/mol. The number of thioether (sulfide) groups is 1. The van der Waals surface area contributed by atoms with Crippen LogP contribution in [0.1, 0.15) is 22.8 Å². The van der Waals surface area contributed by atoms with Crippen LogP contribution in [0.5, 0.6) is 0 Å². The van der Waals surface area contributed by atoms with E-state index in [1.165, 1.54) is 21.8 Å². The first-order valence-corrected chi connectivity index (χ1v) is 13.2. The molecule has 6 unspecified atom stereocenters. The lowest BCUT2D eigenvalue weighted by Gasteiger charge is -2.43. The van der Waals surface area contributed by atoms with Crippen LogP contribution in [0.15, 0.2) is 64.4 Å².